The minimum Gasteiger partial charge on any atom is -0.396 e. The maximum atomic E-state index is 10.8. The predicted octanol–water partition coefficient (Wildman–Crippen LogP) is -0.0640. The first-order valence-electron chi connectivity index (χ1n) is 3.55. The Kier molecular flexibility index (Phi) is 2.49. The summed E-state index contributed by atoms with van der Waals surface area (Å²) in [5.41, 5.74) is 11.4. The van der Waals surface area contributed by atoms with Crippen molar-refractivity contribution in [2.24, 2.45) is 5.73 Å². The van der Waals surface area contributed by atoms with Crippen molar-refractivity contribution in [3.63, 3.8) is 0 Å². The summed E-state index contributed by atoms with van der Waals surface area (Å²) >= 11 is 0. The van der Waals surface area contributed by atoms with Gasteiger partial charge in [-0.2, -0.15) is 0 Å². The van der Waals surface area contributed by atoms with Crippen molar-refractivity contribution in [2.75, 3.05) is 11.1 Å². The Morgan fingerprint density at radius 3 is 2.69 bits per heavy atom. The fourth-order valence-electron chi connectivity index (χ4n) is 0.969. The van der Waals surface area contributed by atoms with Crippen LogP contribution in [0.25, 0.3) is 0 Å². The van der Waals surface area contributed by atoms with Gasteiger partial charge in [0.2, 0.25) is 6.41 Å². The highest BCUT2D eigenvalue weighted by molar-refractivity contribution is 6.01. The Labute approximate surface area is 74.7 Å². The van der Waals surface area contributed by atoms with Gasteiger partial charge in [0.1, 0.15) is 0 Å². The molecule has 0 aliphatic heterocycles. The van der Waals surface area contributed by atoms with Crippen molar-refractivity contribution in [3.8, 4) is 0 Å². The molecule has 1 aromatic rings. The summed E-state index contributed by atoms with van der Waals surface area (Å²) < 4.78 is 0. The molecule has 0 radical (unpaired) electrons. The second kappa shape index (κ2) is 3.57. The van der Waals surface area contributed by atoms with Gasteiger partial charge in [-0.1, -0.05) is 6.07 Å². The summed E-state index contributed by atoms with van der Waals surface area (Å²) in [6.45, 7) is 0. The van der Waals surface area contributed by atoms with Crippen LogP contribution < -0.4 is 16.8 Å². The molecule has 0 aliphatic carbocycles. The largest absolute Gasteiger partial charge is 0.396 e. The van der Waals surface area contributed by atoms with Crippen LogP contribution in [0.4, 0.5) is 11.4 Å². The van der Waals surface area contributed by atoms with E-state index in [0.717, 1.165) is 0 Å². The Bertz CT molecular complexity index is 349. The third-order valence-corrected chi connectivity index (χ3v) is 1.59. The average Bonchev–Trinajstić information content (AvgIpc) is 2.08. The van der Waals surface area contributed by atoms with Crippen LogP contribution in [0.2, 0.25) is 0 Å². The highest BCUT2D eigenvalue weighted by Crippen LogP contribution is 2.21. The van der Waals surface area contributed by atoms with Gasteiger partial charge >= 0.3 is 0 Å². The standard InChI is InChI=1S/C8H9N3O2/c9-7-5(8(10)13)2-1-3-6(7)11-4-12/h1-4H,9H2,(H2,10,13)(H,11,12). The van der Waals surface area contributed by atoms with Gasteiger partial charge in [0.15, 0.2) is 0 Å². The zero-order valence-electron chi connectivity index (χ0n) is 6.78. The van der Waals surface area contributed by atoms with E-state index in [0.29, 0.717) is 12.1 Å². The van der Waals surface area contributed by atoms with Crippen LogP contribution in [0.3, 0.4) is 0 Å². The zero-order chi connectivity index (χ0) is 9.84. The van der Waals surface area contributed by atoms with Crippen molar-refractivity contribution in [3.05, 3.63) is 23.8 Å². The van der Waals surface area contributed by atoms with Crippen molar-refractivity contribution < 1.29 is 9.59 Å². The number of nitrogen functional groups attached to an aromatic ring is 1. The van der Waals surface area contributed by atoms with E-state index in [2.05, 4.69) is 5.32 Å². The smallest absolute Gasteiger partial charge is 0.250 e. The first kappa shape index (κ1) is 9.05. The van der Waals surface area contributed by atoms with Gasteiger partial charge in [-0.05, 0) is 12.1 Å². The SMILES string of the molecule is NC(=O)c1cccc(NC=O)c1N. The number of carbonyl (C=O) groups is 2. The molecule has 0 spiro atoms. The summed E-state index contributed by atoms with van der Waals surface area (Å²) in [5, 5.41) is 2.36. The molecule has 0 atom stereocenters. The Balaban J connectivity index is 3.17. The van der Waals surface area contributed by atoms with Gasteiger partial charge < -0.3 is 16.8 Å². The van der Waals surface area contributed by atoms with E-state index in [1.807, 2.05) is 0 Å². The summed E-state index contributed by atoms with van der Waals surface area (Å²) in [5.74, 6) is -0.618. The molecule has 2 amide bonds. The molecular formula is C8H9N3O2. The molecule has 0 unspecified atom stereocenters. The van der Waals surface area contributed by atoms with Crippen LogP contribution in [-0.2, 0) is 4.79 Å². The lowest BCUT2D eigenvalue weighted by Gasteiger charge is -2.06. The lowest BCUT2D eigenvalue weighted by atomic mass is 10.1. The summed E-state index contributed by atoms with van der Waals surface area (Å²) in [7, 11) is 0. The molecule has 0 aromatic heterocycles. The van der Waals surface area contributed by atoms with Gasteiger partial charge in [0.05, 0.1) is 16.9 Å². The van der Waals surface area contributed by atoms with Gasteiger partial charge in [-0.25, -0.2) is 0 Å². The van der Waals surface area contributed by atoms with Crippen LogP contribution in [-0.4, -0.2) is 12.3 Å². The highest BCUT2D eigenvalue weighted by Gasteiger charge is 2.08. The van der Waals surface area contributed by atoms with Gasteiger partial charge in [0.25, 0.3) is 5.91 Å². The molecular weight excluding hydrogens is 170 g/mol. The number of anilines is 2. The molecule has 5 nitrogen and oxygen atoms in total. The van der Waals surface area contributed by atoms with E-state index in [1.165, 1.54) is 6.07 Å². The van der Waals surface area contributed by atoms with Crippen molar-refractivity contribution in [1.82, 2.24) is 0 Å². The molecule has 5 heteroatoms. The third kappa shape index (κ3) is 1.76. The normalized spacial score (nSPS) is 9.23. The van der Waals surface area contributed by atoms with E-state index < -0.39 is 5.91 Å². The quantitative estimate of drug-likeness (QED) is 0.447. The number of carbonyl (C=O) groups excluding carboxylic acids is 2. The molecule has 0 aliphatic rings. The number of nitrogens with one attached hydrogen (secondary N) is 1. The summed E-state index contributed by atoms with van der Waals surface area (Å²) in [6.07, 6.45) is 0.483. The van der Waals surface area contributed by atoms with Crippen molar-refractivity contribution in [1.29, 1.82) is 0 Å². The third-order valence-electron chi connectivity index (χ3n) is 1.59. The second-order valence-corrected chi connectivity index (χ2v) is 2.39. The Morgan fingerprint density at radius 1 is 1.46 bits per heavy atom. The maximum absolute atomic E-state index is 10.8. The fraction of sp³-hybridized carbons (Fsp3) is 0. The highest BCUT2D eigenvalue weighted by atomic mass is 16.1. The van der Waals surface area contributed by atoms with Crippen molar-refractivity contribution >= 4 is 23.7 Å². The molecule has 13 heavy (non-hydrogen) atoms. The fourth-order valence-corrected chi connectivity index (χ4v) is 0.969. The number of hydrogen-bond acceptors (Lipinski definition) is 3. The molecule has 68 valence electrons. The number of hydrogen-bond donors (Lipinski definition) is 3. The van der Waals surface area contributed by atoms with Crippen LogP contribution in [0.1, 0.15) is 10.4 Å². The lowest BCUT2D eigenvalue weighted by Crippen LogP contribution is -2.14. The molecule has 0 heterocycles. The first-order valence-corrected chi connectivity index (χ1v) is 3.55. The number of benzene rings is 1. The number of nitrogens with two attached hydrogens (primary N) is 2. The van der Waals surface area contributed by atoms with Crippen molar-refractivity contribution in [2.45, 2.75) is 0 Å². The number of rotatable bonds is 3. The van der Waals surface area contributed by atoms with E-state index in [-0.39, 0.29) is 11.3 Å². The number of primary amides is 1. The number of amides is 2. The van der Waals surface area contributed by atoms with Crippen LogP contribution in [0.15, 0.2) is 18.2 Å². The lowest BCUT2D eigenvalue weighted by molar-refractivity contribution is -0.105. The van der Waals surface area contributed by atoms with E-state index >= 15 is 0 Å². The number of para-hydroxylation sites is 1. The Morgan fingerprint density at radius 2 is 2.15 bits per heavy atom. The molecule has 0 bridgehead atoms. The molecule has 1 aromatic carbocycles. The summed E-state index contributed by atoms with van der Waals surface area (Å²) in [6, 6.07) is 4.66. The molecule has 0 saturated carbocycles. The molecule has 1 rings (SSSR count). The van der Waals surface area contributed by atoms with Crippen LogP contribution in [0.5, 0.6) is 0 Å². The Hall–Kier alpha value is -2.04. The summed E-state index contributed by atoms with van der Waals surface area (Å²) in [4.78, 5) is 20.9. The minimum absolute atomic E-state index is 0.183. The van der Waals surface area contributed by atoms with Gasteiger partial charge in [-0.3, -0.25) is 9.59 Å². The molecule has 0 fully saturated rings. The van der Waals surface area contributed by atoms with E-state index in [4.69, 9.17) is 11.5 Å². The predicted molar refractivity (Wildman–Crippen MR) is 49.1 cm³/mol. The zero-order valence-corrected chi connectivity index (χ0v) is 6.78. The average molecular weight is 179 g/mol. The monoisotopic (exact) mass is 179 g/mol. The van der Waals surface area contributed by atoms with E-state index in [9.17, 15) is 9.59 Å². The van der Waals surface area contributed by atoms with Gasteiger partial charge in [0, 0.05) is 0 Å². The maximum Gasteiger partial charge on any atom is 0.250 e. The van der Waals surface area contributed by atoms with Gasteiger partial charge in [-0.15, -0.1) is 0 Å². The van der Waals surface area contributed by atoms with Crippen LogP contribution >= 0.6 is 0 Å². The molecule has 0 saturated heterocycles. The molecule has 5 N–H and O–H groups in total. The van der Waals surface area contributed by atoms with Crippen LogP contribution in [0, 0.1) is 0 Å². The minimum atomic E-state index is -0.618. The first-order chi connectivity index (χ1) is 6.16. The van der Waals surface area contributed by atoms with E-state index in [1.54, 1.807) is 12.1 Å². The second-order valence-electron chi connectivity index (χ2n) is 2.39. The topological polar surface area (TPSA) is 98.2 Å².